The van der Waals surface area contributed by atoms with E-state index in [1.165, 1.54) is 48.7 Å². The van der Waals surface area contributed by atoms with Crippen LogP contribution in [0.25, 0.3) is 0 Å². The summed E-state index contributed by atoms with van der Waals surface area (Å²) < 4.78 is 28.7. The number of carbonyl (C=O) groups is 2. The normalized spacial score (nSPS) is 18.5. The van der Waals surface area contributed by atoms with Crippen LogP contribution in [0, 0.1) is 11.3 Å². The van der Waals surface area contributed by atoms with Crippen molar-refractivity contribution in [3.05, 3.63) is 70.3 Å². The Morgan fingerprint density at radius 2 is 1.89 bits per heavy atom. The number of benzene rings is 1. The summed E-state index contributed by atoms with van der Waals surface area (Å²) in [5.74, 6) is -0.867. The molecule has 0 radical (unpaired) electrons. The molecule has 2 aromatic rings. The van der Waals surface area contributed by atoms with Crippen LogP contribution in [0.3, 0.4) is 0 Å². The zero-order chi connectivity index (χ0) is 27.3. The third-order valence-corrected chi connectivity index (χ3v) is 8.42. The molecule has 1 unspecified atom stereocenters. The van der Waals surface area contributed by atoms with E-state index in [9.17, 15) is 23.3 Å². The molecule has 1 aromatic carbocycles. The first-order chi connectivity index (χ1) is 18.2. The zero-order valence-corrected chi connectivity index (χ0v) is 22.5. The number of furan rings is 1. The number of hydrogen-bond acceptors (Lipinski definition) is 8. The van der Waals surface area contributed by atoms with E-state index >= 15 is 0 Å². The van der Waals surface area contributed by atoms with Crippen molar-refractivity contribution in [1.29, 1.82) is 5.26 Å². The molecule has 2 aliphatic rings. The van der Waals surface area contributed by atoms with Crippen molar-refractivity contribution in [1.82, 2.24) is 10.6 Å². The van der Waals surface area contributed by atoms with Crippen molar-refractivity contribution >= 4 is 39.3 Å². The average molecular weight is 556 g/mol. The molecular formula is C26H29N5O5S2. The van der Waals surface area contributed by atoms with E-state index in [4.69, 9.17) is 9.56 Å². The summed E-state index contributed by atoms with van der Waals surface area (Å²) in [4.78, 5) is 25.9. The fourth-order valence-corrected chi connectivity index (χ4v) is 6.07. The smallest absolute Gasteiger partial charge is 0.254 e. The van der Waals surface area contributed by atoms with Crippen LogP contribution in [0.5, 0.6) is 0 Å². The highest BCUT2D eigenvalue weighted by Crippen LogP contribution is 2.41. The van der Waals surface area contributed by atoms with Crippen molar-refractivity contribution in [3.8, 4) is 6.07 Å². The van der Waals surface area contributed by atoms with Crippen LogP contribution in [0.2, 0.25) is 0 Å². The van der Waals surface area contributed by atoms with Crippen LogP contribution in [0.15, 0.2) is 73.8 Å². The minimum Gasteiger partial charge on any atom is -0.468 e. The quantitative estimate of drug-likeness (QED) is 0.384. The van der Waals surface area contributed by atoms with E-state index in [1.54, 1.807) is 19.1 Å². The first-order valence-electron chi connectivity index (χ1n) is 12.2. The monoisotopic (exact) mass is 555 g/mol. The van der Waals surface area contributed by atoms with Gasteiger partial charge < -0.3 is 20.4 Å². The summed E-state index contributed by atoms with van der Waals surface area (Å²) in [6.45, 7) is 1.71. The molecule has 1 atom stereocenters. The van der Waals surface area contributed by atoms with E-state index in [0.29, 0.717) is 22.2 Å². The SMILES string of the molecule is CC1=C(C(=O)Nc2ccc(S(N)(=O)=O)cc2)C(c2ccco2)C(C#N)=C(SCC(=O)NC2CCCCC2)N1. The number of rotatable bonds is 8. The highest BCUT2D eigenvalue weighted by molar-refractivity contribution is 8.03. The number of amides is 2. The highest BCUT2D eigenvalue weighted by Gasteiger charge is 2.36. The van der Waals surface area contributed by atoms with E-state index in [1.807, 2.05) is 0 Å². The van der Waals surface area contributed by atoms with Gasteiger partial charge in [0.25, 0.3) is 5.91 Å². The van der Waals surface area contributed by atoms with E-state index in [2.05, 4.69) is 22.0 Å². The van der Waals surface area contributed by atoms with Gasteiger partial charge in [-0.15, -0.1) is 0 Å². The third-order valence-electron chi connectivity index (χ3n) is 6.48. The van der Waals surface area contributed by atoms with Gasteiger partial charge in [0.2, 0.25) is 15.9 Å². The summed E-state index contributed by atoms with van der Waals surface area (Å²) in [7, 11) is -3.87. The zero-order valence-electron chi connectivity index (χ0n) is 20.8. The third kappa shape index (κ3) is 6.48. The van der Waals surface area contributed by atoms with Crippen LogP contribution >= 0.6 is 11.8 Å². The van der Waals surface area contributed by atoms with Gasteiger partial charge in [-0.3, -0.25) is 9.59 Å². The first kappa shape index (κ1) is 27.5. The molecule has 38 heavy (non-hydrogen) atoms. The van der Waals surface area contributed by atoms with Gasteiger partial charge in [0.05, 0.1) is 45.1 Å². The number of hydrogen-bond donors (Lipinski definition) is 4. The number of allylic oxidation sites excluding steroid dienone is 2. The number of nitrogens with zero attached hydrogens (tertiary/aromatic N) is 1. The largest absolute Gasteiger partial charge is 0.468 e. The maximum atomic E-state index is 13.4. The Morgan fingerprint density at radius 3 is 2.50 bits per heavy atom. The van der Waals surface area contributed by atoms with Gasteiger partial charge in [-0.2, -0.15) is 5.26 Å². The molecule has 0 bridgehead atoms. The van der Waals surface area contributed by atoms with Crippen LogP contribution in [-0.2, 0) is 19.6 Å². The predicted octanol–water partition coefficient (Wildman–Crippen LogP) is 3.44. The van der Waals surface area contributed by atoms with Gasteiger partial charge in [0, 0.05) is 17.4 Å². The molecule has 1 fully saturated rings. The molecule has 2 amide bonds. The summed E-state index contributed by atoms with van der Waals surface area (Å²) in [6, 6.07) is 11.2. The lowest BCUT2D eigenvalue weighted by molar-refractivity contribution is -0.119. The number of anilines is 1. The van der Waals surface area contributed by atoms with E-state index in [-0.39, 0.29) is 33.7 Å². The van der Waals surface area contributed by atoms with E-state index < -0.39 is 21.8 Å². The Bertz CT molecular complexity index is 1400. The molecule has 2 heterocycles. The Labute approximate surface area is 225 Å². The van der Waals surface area contributed by atoms with Crippen LogP contribution < -0.4 is 21.1 Å². The Balaban J connectivity index is 1.55. The number of sulfonamides is 1. The topological polar surface area (TPSA) is 167 Å². The molecule has 1 aliphatic carbocycles. The van der Waals surface area contributed by atoms with Gasteiger partial charge in [0.1, 0.15) is 5.76 Å². The number of carbonyl (C=O) groups excluding carboxylic acids is 2. The molecular weight excluding hydrogens is 526 g/mol. The summed E-state index contributed by atoms with van der Waals surface area (Å²) in [5.41, 5.74) is 1.38. The van der Waals surface area contributed by atoms with Crippen molar-refractivity contribution in [2.75, 3.05) is 11.1 Å². The van der Waals surface area contributed by atoms with Crippen molar-refractivity contribution < 1.29 is 22.4 Å². The maximum Gasteiger partial charge on any atom is 0.254 e. The van der Waals surface area contributed by atoms with Crippen LogP contribution in [0.4, 0.5) is 5.69 Å². The molecule has 5 N–H and O–H groups in total. The fourth-order valence-electron chi connectivity index (χ4n) is 4.65. The highest BCUT2D eigenvalue weighted by atomic mass is 32.2. The average Bonchev–Trinajstić information content (AvgIpc) is 3.42. The number of nitrogens with one attached hydrogen (secondary N) is 3. The maximum absolute atomic E-state index is 13.4. The Kier molecular flexibility index (Phi) is 8.61. The van der Waals surface area contributed by atoms with Gasteiger partial charge >= 0.3 is 0 Å². The molecule has 0 saturated heterocycles. The van der Waals surface area contributed by atoms with Crippen molar-refractivity contribution in [2.45, 2.75) is 55.9 Å². The second-order valence-electron chi connectivity index (χ2n) is 9.18. The lowest BCUT2D eigenvalue weighted by Gasteiger charge is -2.28. The van der Waals surface area contributed by atoms with E-state index in [0.717, 1.165) is 25.7 Å². The number of nitriles is 1. The van der Waals surface area contributed by atoms with Gasteiger partial charge in [0.15, 0.2) is 0 Å². The molecule has 12 heteroatoms. The standard InChI is InChI=1S/C26H29N5O5S2/c1-16-23(25(33)31-18-9-11-19(12-10-18)38(28,34)35)24(21-8-5-13-36-21)20(14-27)26(29-16)37-15-22(32)30-17-6-3-2-4-7-17/h5,8-13,17,24,29H,2-4,6-7,15H2,1H3,(H,30,32)(H,31,33)(H2,28,34,35). The predicted molar refractivity (Wildman–Crippen MR) is 144 cm³/mol. The molecule has 0 spiro atoms. The lowest BCUT2D eigenvalue weighted by Crippen LogP contribution is -2.37. The number of nitrogens with two attached hydrogens (primary N) is 1. The molecule has 1 saturated carbocycles. The fraction of sp³-hybridized carbons (Fsp3) is 0.346. The second kappa shape index (κ2) is 11.9. The molecule has 1 aromatic heterocycles. The Hall–Kier alpha value is -3.53. The number of primary sulfonamides is 1. The van der Waals surface area contributed by atoms with Gasteiger partial charge in [-0.1, -0.05) is 31.0 Å². The molecule has 1 aliphatic heterocycles. The molecule has 10 nitrogen and oxygen atoms in total. The first-order valence-corrected chi connectivity index (χ1v) is 14.7. The summed E-state index contributed by atoms with van der Waals surface area (Å²) in [6.07, 6.45) is 6.84. The van der Waals surface area contributed by atoms with Gasteiger partial charge in [-0.25, -0.2) is 13.6 Å². The number of dihydropyridines is 1. The van der Waals surface area contributed by atoms with Gasteiger partial charge in [-0.05, 0) is 56.2 Å². The number of thioether (sulfide) groups is 1. The summed E-state index contributed by atoms with van der Waals surface area (Å²) >= 11 is 1.21. The second-order valence-corrected chi connectivity index (χ2v) is 11.7. The van der Waals surface area contributed by atoms with Crippen LogP contribution in [0.1, 0.15) is 50.7 Å². The minimum atomic E-state index is -3.87. The molecule has 200 valence electrons. The van der Waals surface area contributed by atoms with Crippen molar-refractivity contribution in [2.24, 2.45) is 5.14 Å². The summed E-state index contributed by atoms with van der Waals surface area (Å²) in [5, 5.41) is 24.7. The van der Waals surface area contributed by atoms with Crippen molar-refractivity contribution in [3.63, 3.8) is 0 Å². The van der Waals surface area contributed by atoms with Crippen LogP contribution in [-0.4, -0.2) is 32.0 Å². The Morgan fingerprint density at radius 1 is 1.18 bits per heavy atom. The lowest BCUT2D eigenvalue weighted by atomic mass is 9.85. The minimum absolute atomic E-state index is 0.0809. The molecule has 4 rings (SSSR count).